The average Bonchev–Trinajstić information content (AvgIpc) is 3.59. The first kappa shape index (κ1) is 86.1. The molecule has 0 aliphatic heterocycles. The minimum Gasteiger partial charge on any atom is -0.466 e. The quantitative estimate of drug-likeness (QED) is 0.0320. The first-order valence-electron chi connectivity index (χ1n) is 40.3. The summed E-state index contributed by atoms with van der Waals surface area (Å²) in [7, 11) is 0. The number of carbonyl (C=O) groups is 2. The van der Waals surface area contributed by atoms with Crippen LogP contribution in [0.5, 0.6) is 0 Å². The average molecular weight is 1240 g/mol. The van der Waals surface area contributed by atoms with Crippen LogP contribution in [-0.4, -0.2) is 47.4 Å². The second kappa shape index (κ2) is 77.5. The van der Waals surface area contributed by atoms with Crippen LogP contribution in [0.1, 0.15) is 450 Å². The number of hydrogen-bond acceptors (Lipinski definition) is 5. The lowest BCUT2D eigenvalue weighted by Gasteiger charge is -2.20. The number of carbonyl (C=O) groups excluding carboxylic acids is 2. The smallest absolute Gasteiger partial charge is 0.305 e. The van der Waals surface area contributed by atoms with Gasteiger partial charge in [0.25, 0.3) is 0 Å². The molecule has 2 atom stereocenters. The molecule has 0 rings (SSSR count). The van der Waals surface area contributed by atoms with Crippen LogP contribution in [0, 0.1) is 0 Å². The van der Waals surface area contributed by atoms with Crippen molar-refractivity contribution in [3.63, 3.8) is 0 Å². The fraction of sp³-hybridized carbons (Fsp3) is 0.902. The van der Waals surface area contributed by atoms with Crippen molar-refractivity contribution in [2.75, 3.05) is 13.2 Å². The van der Waals surface area contributed by atoms with Gasteiger partial charge < -0.3 is 20.3 Å². The van der Waals surface area contributed by atoms with Crippen molar-refractivity contribution in [3.05, 3.63) is 36.5 Å². The van der Waals surface area contributed by atoms with Crippen LogP contribution in [0.25, 0.3) is 0 Å². The van der Waals surface area contributed by atoms with Gasteiger partial charge in [0, 0.05) is 12.8 Å². The summed E-state index contributed by atoms with van der Waals surface area (Å²) >= 11 is 0. The highest BCUT2D eigenvalue weighted by molar-refractivity contribution is 5.76. The van der Waals surface area contributed by atoms with Crippen molar-refractivity contribution in [1.29, 1.82) is 0 Å². The predicted molar refractivity (Wildman–Crippen MR) is 389 cm³/mol. The Bertz CT molecular complexity index is 1430. The number of aliphatic hydroxyl groups excluding tert-OH is 2. The van der Waals surface area contributed by atoms with E-state index in [1.165, 1.54) is 372 Å². The second-order valence-electron chi connectivity index (χ2n) is 27.8. The van der Waals surface area contributed by atoms with Gasteiger partial charge in [-0.15, -0.1) is 0 Å². The van der Waals surface area contributed by atoms with E-state index in [0.29, 0.717) is 19.4 Å². The van der Waals surface area contributed by atoms with E-state index < -0.39 is 12.1 Å². The monoisotopic (exact) mass is 1240 g/mol. The van der Waals surface area contributed by atoms with E-state index in [1.54, 1.807) is 6.08 Å². The molecular weight excluding hydrogens is 1080 g/mol. The van der Waals surface area contributed by atoms with E-state index >= 15 is 0 Å². The molecule has 6 nitrogen and oxygen atoms in total. The molecule has 0 bridgehead atoms. The summed E-state index contributed by atoms with van der Waals surface area (Å²) in [6.07, 6.45) is 101. The number of aliphatic hydroxyl groups is 2. The molecule has 0 aromatic carbocycles. The van der Waals surface area contributed by atoms with E-state index in [1.807, 2.05) is 6.08 Å². The highest BCUT2D eigenvalue weighted by Gasteiger charge is 2.18. The molecule has 0 heterocycles. The van der Waals surface area contributed by atoms with Gasteiger partial charge in [-0.05, 0) is 64.2 Å². The molecule has 3 N–H and O–H groups in total. The van der Waals surface area contributed by atoms with Crippen molar-refractivity contribution in [2.24, 2.45) is 0 Å². The molecule has 0 aromatic heterocycles. The van der Waals surface area contributed by atoms with Crippen LogP contribution in [0.2, 0.25) is 0 Å². The summed E-state index contributed by atoms with van der Waals surface area (Å²) < 4.78 is 5.51. The maximum Gasteiger partial charge on any atom is 0.305 e. The lowest BCUT2D eigenvalue weighted by Crippen LogP contribution is -2.45. The summed E-state index contributed by atoms with van der Waals surface area (Å²) in [4.78, 5) is 24.6. The number of ether oxygens (including phenoxy) is 1. The predicted octanol–water partition coefficient (Wildman–Crippen LogP) is 26.6. The summed E-state index contributed by atoms with van der Waals surface area (Å²) in [5, 5.41) is 23.2. The first-order valence-corrected chi connectivity index (χ1v) is 40.3. The Hall–Kier alpha value is -1.92. The lowest BCUT2D eigenvalue weighted by atomic mass is 10.0. The van der Waals surface area contributed by atoms with Crippen LogP contribution in [0.4, 0.5) is 0 Å². The van der Waals surface area contributed by atoms with Crippen LogP contribution >= 0.6 is 0 Å². The zero-order valence-corrected chi connectivity index (χ0v) is 59.7. The van der Waals surface area contributed by atoms with Gasteiger partial charge in [-0.3, -0.25) is 9.59 Å². The fourth-order valence-corrected chi connectivity index (χ4v) is 12.8. The van der Waals surface area contributed by atoms with Gasteiger partial charge in [-0.2, -0.15) is 0 Å². The molecule has 1 amide bonds. The van der Waals surface area contributed by atoms with Gasteiger partial charge in [0.1, 0.15) is 0 Å². The molecule has 0 saturated carbocycles. The van der Waals surface area contributed by atoms with Crippen molar-refractivity contribution in [3.8, 4) is 0 Å². The number of amides is 1. The number of allylic oxidation sites excluding steroid dienone is 5. The van der Waals surface area contributed by atoms with E-state index in [4.69, 9.17) is 4.74 Å². The third-order valence-electron chi connectivity index (χ3n) is 18.9. The van der Waals surface area contributed by atoms with Gasteiger partial charge in [-0.25, -0.2) is 0 Å². The number of hydrogen-bond donors (Lipinski definition) is 3. The normalized spacial score (nSPS) is 12.6. The molecule has 0 aliphatic rings. The molecule has 0 aliphatic carbocycles. The molecule has 6 heteroatoms. The Kier molecular flexibility index (Phi) is 75.8. The van der Waals surface area contributed by atoms with Gasteiger partial charge >= 0.3 is 5.97 Å². The van der Waals surface area contributed by atoms with Crippen molar-refractivity contribution in [2.45, 2.75) is 463 Å². The van der Waals surface area contributed by atoms with Crippen molar-refractivity contribution < 1.29 is 24.5 Å². The first-order chi connectivity index (χ1) is 43.5. The number of esters is 1. The summed E-state index contributed by atoms with van der Waals surface area (Å²) in [5.41, 5.74) is 0. The van der Waals surface area contributed by atoms with E-state index in [9.17, 15) is 19.8 Å². The number of unbranched alkanes of at least 4 members (excludes halogenated alkanes) is 61. The number of nitrogens with one attached hydrogen (secondary N) is 1. The van der Waals surface area contributed by atoms with E-state index in [2.05, 4.69) is 43.5 Å². The van der Waals surface area contributed by atoms with Crippen molar-refractivity contribution >= 4 is 11.9 Å². The molecule has 2 unspecified atom stereocenters. The largest absolute Gasteiger partial charge is 0.466 e. The summed E-state index contributed by atoms with van der Waals surface area (Å²) in [6.45, 7) is 4.92. The van der Waals surface area contributed by atoms with Gasteiger partial charge in [-0.1, -0.05) is 410 Å². The highest BCUT2D eigenvalue weighted by Crippen LogP contribution is 2.20. The zero-order valence-electron chi connectivity index (χ0n) is 59.7. The maximum atomic E-state index is 12.5. The van der Waals surface area contributed by atoms with Gasteiger partial charge in [0.15, 0.2) is 0 Å². The molecule has 0 fully saturated rings. The van der Waals surface area contributed by atoms with Gasteiger partial charge in [0.2, 0.25) is 5.91 Å². The minimum absolute atomic E-state index is 0.0167. The second-order valence-corrected chi connectivity index (χ2v) is 27.8. The van der Waals surface area contributed by atoms with E-state index in [-0.39, 0.29) is 18.5 Å². The van der Waals surface area contributed by atoms with Crippen LogP contribution in [-0.2, 0) is 14.3 Å². The Morgan fingerprint density at radius 3 is 0.886 bits per heavy atom. The molecule has 0 saturated heterocycles. The van der Waals surface area contributed by atoms with Crippen LogP contribution < -0.4 is 5.32 Å². The summed E-state index contributed by atoms with van der Waals surface area (Å²) in [6, 6.07) is -0.623. The highest BCUT2D eigenvalue weighted by atomic mass is 16.5. The molecule has 0 spiro atoms. The molecule has 0 radical (unpaired) electrons. The maximum absolute atomic E-state index is 12.5. The SMILES string of the molecule is CCCCC/C=C\C/C=C\CCCCCCCCCC(=O)OCCCCCCCCCCCCCCCCCCCCCCCCCCCCCCCCCCCCCCCCCC(=O)NC(CO)C(O)/C=C/CCCCCCCCCCCCCCC. The Balaban J connectivity index is 3.30. The zero-order chi connectivity index (χ0) is 63.5. The molecule has 520 valence electrons. The molecular formula is C82H157NO5. The molecule has 0 aromatic rings. The molecule has 88 heavy (non-hydrogen) atoms. The third-order valence-corrected chi connectivity index (χ3v) is 18.9. The van der Waals surface area contributed by atoms with Gasteiger partial charge in [0.05, 0.1) is 25.4 Å². The third kappa shape index (κ3) is 73.1. The lowest BCUT2D eigenvalue weighted by molar-refractivity contribution is -0.143. The Morgan fingerprint density at radius 1 is 0.318 bits per heavy atom. The van der Waals surface area contributed by atoms with Crippen molar-refractivity contribution in [1.82, 2.24) is 5.32 Å². The Labute approximate surface area is 551 Å². The number of rotatable bonds is 76. The van der Waals surface area contributed by atoms with E-state index in [0.717, 1.165) is 51.4 Å². The van der Waals surface area contributed by atoms with Crippen LogP contribution in [0.3, 0.4) is 0 Å². The minimum atomic E-state index is -0.840. The standard InChI is InChI=1S/C82H157NO5/c1-3-5-7-9-11-13-15-17-19-43-48-52-56-60-64-68-72-76-82(87)88-77-73-69-65-61-57-53-49-45-42-40-38-36-34-32-30-28-26-24-22-20-21-23-25-27-29-31-33-35-37-39-41-44-47-51-55-59-63-67-71-75-81(86)83-79(78-84)80(85)74-70-66-62-58-54-50-46-18-16-14-12-10-8-6-4-2/h11,13,17,19,70,74,79-80,84-85H,3-10,12,14-16,18,20-69,71-73,75-78H2,1-2H3,(H,83,86)/b13-11-,19-17-,74-70+. The topological polar surface area (TPSA) is 95.9 Å². The summed E-state index contributed by atoms with van der Waals surface area (Å²) in [5.74, 6) is -0.0423. The fourth-order valence-electron chi connectivity index (χ4n) is 12.8. The Morgan fingerprint density at radius 2 is 0.568 bits per heavy atom. The van der Waals surface area contributed by atoms with Crippen LogP contribution in [0.15, 0.2) is 36.5 Å².